The predicted molar refractivity (Wildman–Crippen MR) is 90.3 cm³/mol. The van der Waals surface area contributed by atoms with E-state index in [1.807, 2.05) is 24.3 Å². The summed E-state index contributed by atoms with van der Waals surface area (Å²) in [4.78, 5) is 22.0. The molecule has 0 spiro atoms. The van der Waals surface area contributed by atoms with Crippen LogP contribution in [0.15, 0.2) is 48.5 Å². The van der Waals surface area contributed by atoms with Crippen LogP contribution >= 0.6 is 0 Å². The van der Waals surface area contributed by atoms with E-state index in [1.54, 1.807) is 24.3 Å². The minimum atomic E-state index is -0.369. The third-order valence-corrected chi connectivity index (χ3v) is 5.12. The summed E-state index contributed by atoms with van der Waals surface area (Å²) in [5, 5.41) is 0. The molecule has 1 aromatic heterocycles. The molecule has 1 saturated carbocycles. The number of carbonyl (C=O) groups is 1. The number of esters is 1. The molecule has 0 radical (unpaired) electrons. The normalized spacial score (nSPS) is 21.0. The first-order valence-corrected chi connectivity index (χ1v) is 8.37. The quantitative estimate of drug-likeness (QED) is 0.525. The maximum absolute atomic E-state index is 12.3. The summed E-state index contributed by atoms with van der Waals surface area (Å²) < 4.78 is 5.40. The molecule has 0 saturated heterocycles. The maximum atomic E-state index is 12.3. The average Bonchev–Trinajstić information content (AvgIpc) is 3.22. The van der Waals surface area contributed by atoms with Crippen molar-refractivity contribution in [2.45, 2.75) is 31.1 Å². The smallest absolute Gasteiger partial charge is 0.343 e. The highest BCUT2D eigenvalue weighted by Crippen LogP contribution is 2.51. The lowest BCUT2D eigenvalue weighted by Crippen LogP contribution is -2.09. The molecule has 5 rings (SSSR count). The number of benzene rings is 2. The molecule has 1 fully saturated rings. The zero-order valence-electron chi connectivity index (χ0n) is 13.1. The van der Waals surface area contributed by atoms with Gasteiger partial charge in [-0.05, 0) is 49.6 Å². The Morgan fingerprint density at radius 2 is 1.62 bits per heavy atom. The lowest BCUT2D eigenvalue weighted by atomic mass is 10.00. The number of carbonyl (C=O) groups excluding carboxylic acids is 1. The first-order chi connectivity index (χ1) is 11.8. The van der Waals surface area contributed by atoms with Gasteiger partial charge < -0.3 is 4.74 Å². The van der Waals surface area contributed by atoms with E-state index >= 15 is 0 Å². The number of fused-ring (bicyclic) bond motifs is 6. The third kappa shape index (κ3) is 2.10. The molecule has 1 heterocycles. The van der Waals surface area contributed by atoms with E-state index in [1.165, 1.54) is 25.0 Å². The number of ether oxygens (including phenoxy) is 1. The zero-order chi connectivity index (χ0) is 16.1. The monoisotopic (exact) mass is 316 g/mol. The van der Waals surface area contributed by atoms with Crippen molar-refractivity contribution in [1.82, 2.24) is 9.97 Å². The second kappa shape index (κ2) is 5.13. The number of hydrogen-bond donors (Lipinski definition) is 0. The van der Waals surface area contributed by atoms with Crippen molar-refractivity contribution in [3.05, 3.63) is 65.5 Å². The number of nitrogens with zero attached hydrogens (tertiary/aromatic N) is 2. The first kappa shape index (κ1) is 13.7. The van der Waals surface area contributed by atoms with E-state index < -0.39 is 0 Å². The van der Waals surface area contributed by atoms with Crippen LogP contribution in [0.5, 0.6) is 5.75 Å². The van der Waals surface area contributed by atoms with Crippen LogP contribution in [0, 0.1) is 0 Å². The Balaban J connectivity index is 1.51. The van der Waals surface area contributed by atoms with Crippen molar-refractivity contribution >= 4 is 17.0 Å². The fraction of sp³-hybridized carbons (Fsp3) is 0.250. The van der Waals surface area contributed by atoms with Gasteiger partial charge in [-0.3, -0.25) is 0 Å². The van der Waals surface area contributed by atoms with Gasteiger partial charge in [-0.15, -0.1) is 0 Å². The van der Waals surface area contributed by atoms with Crippen molar-refractivity contribution < 1.29 is 9.53 Å². The first-order valence-electron chi connectivity index (χ1n) is 8.37. The minimum absolute atomic E-state index is 0.369. The second-order valence-electron chi connectivity index (χ2n) is 6.61. The van der Waals surface area contributed by atoms with Gasteiger partial charge in [-0.25, -0.2) is 14.8 Å². The standard InChI is InChI=1S/C20H16N2O2/c23-20(24-15-4-2-1-3-5-15)14-8-9-16-17(11-14)22-19-13-7-6-12(10-13)18(19)21-16/h1-5,8-9,11-13H,6-7,10H2. The van der Waals surface area contributed by atoms with Crippen molar-refractivity contribution in [1.29, 1.82) is 0 Å². The summed E-state index contributed by atoms with van der Waals surface area (Å²) in [6, 6.07) is 14.5. The van der Waals surface area contributed by atoms with Crippen LogP contribution in [0.4, 0.5) is 0 Å². The molecule has 4 nitrogen and oxygen atoms in total. The van der Waals surface area contributed by atoms with E-state index in [0.29, 0.717) is 23.1 Å². The highest BCUT2D eigenvalue weighted by molar-refractivity contribution is 5.94. The van der Waals surface area contributed by atoms with Crippen LogP contribution in [-0.4, -0.2) is 15.9 Å². The predicted octanol–water partition coefficient (Wildman–Crippen LogP) is 4.21. The van der Waals surface area contributed by atoms with E-state index in [9.17, 15) is 4.79 Å². The van der Waals surface area contributed by atoms with Gasteiger partial charge in [0.05, 0.1) is 28.0 Å². The van der Waals surface area contributed by atoms with E-state index in [2.05, 4.69) is 0 Å². The second-order valence-corrected chi connectivity index (χ2v) is 6.61. The number of hydrogen-bond acceptors (Lipinski definition) is 4. The van der Waals surface area contributed by atoms with Gasteiger partial charge in [-0.1, -0.05) is 18.2 Å². The molecule has 118 valence electrons. The van der Waals surface area contributed by atoms with Crippen LogP contribution < -0.4 is 4.74 Å². The lowest BCUT2D eigenvalue weighted by molar-refractivity contribution is 0.0735. The summed E-state index contributed by atoms with van der Waals surface area (Å²) in [5.41, 5.74) is 4.47. The Morgan fingerprint density at radius 3 is 2.38 bits per heavy atom. The Hall–Kier alpha value is -2.75. The number of aromatic nitrogens is 2. The summed E-state index contributed by atoms with van der Waals surface area (Å²) in [5.74, 6) is 1.32. The van der Waals surface area contributed by atoms with Crippen molar-refractivity contribution in [2.24, 2.45) is 0 Å². The Labute approximate surface area is 139 Å². The lowest BCUT2D eigenvalue weighted by Gasteiger charge is -2.14. The summed E-state index contributed by atoms with van der Waals surface area (Å²) >= 11 is 0. The Morgan fingerprint density at radius 1 is 0.917 bits per heavy atom. The van der Waals surface area contributed by atoms with Crippen LogP contribution in [0.3, 0.4) is 0 Å². The van der Waals surface area contributed by atoms with Crippen molar-refractivity contribution in [3.63, 3.8) is 0 Å². The number of para-hydroxylation sites is 1. The Bertz CT molecular complexity index is 953. The fourth-order valence-corrected chi connectivity index (χ4v) is 3.94. The van der Waals surface area contributed by atoms with Crippen molar-refractivity contribution in [3.8, 4) is 5.75 Å². The molecule has 0 aliphatic heterocycles. The molecular weight excluding hydrogens is 300 g/mol. The van der Waals surface area contributed by atoms with Gasteiger partial charge >= 0.3 is 5.97 Å². The molecule has 2 aliphatic carbocycles. The number of rotatable bonds is 2. The van der Waals surface area contributed by atoms with Crippen LogP contribution in [0.1, 0.15) is 52.8 Å². The molecule has 2 aromatic carbocycles. The third-order valence-electron chi connectivity index (χ3n) is 5.12. The van der Waals surface area contributed by atoms with Crippen LogP contribution in [0.2, 0.25) is 0 Å². The highest BCUT2D eigenvalue weighted by Gasteiger charge is 2.39. The van der Waals surface area contributed by atoms with Crippen LogP contribution in [0.25, 0.3) is 11.0 Å². The molecule has 3 aromatic rings. The van der Waals surface area contributed by atoms with Gasteiger partial charge in [0.25, 0.3) is 0 Å². The SMILES string of the molecule is O=C(Oc1ccccc1)c1ccc2nc3c(nc2c1)C1CCC3C1. The Kier molecular flexibility index (Phi) is 2.92. The molecule has 0 N–H and O–H groups in total. The van der Waals surface area contributed by atoms with Gasteiger partial charge in [0.2, 0.25) is 0 Å². The minimum Gasteiger partial charge on any atom is -0.423 e. The summed E-state index contributed by atoms with van der Waals surface area (Å²) in [6.45, 7) is 0. The van der Waals surface area contributed by atoms with Crippen molar-refractivity contribution in [2.75, 3.05) is 0 Å². The van der Waals surface area contributed by atoms with Gasteiger partial charge in [0, 0.05) is 11.8 Å². The van der Waals surface area contributed by atoms with E-state index in [0.717, 1.165) is 16.7 Å². The van der Waals surface area contributed by atoms with E-state index in [4.69, 9.17) is 14.7 Å². The van der Waals surface area contributed by atoms with Gasteiger partial charge in [0.1, 0.15) is 5.75 Å². The zero-order valence-corrected chi connectivity index (χ0v) is 13.1. The highest BCUT2D eigenvalue weighted by atomic mass is 16.5. The van der Waals surface area contributed by atoms with Gasteiger partial charge in [0.15, 0.2) is 0 Å². The summed E-state index contributed by atoms with van der Waals surface area (Å²) in [6.07, 6.45) is 3.64. The molecule has 24 heavy (non-hydrogen) atoms. The molecule has 2 atom stereocenters. The molecule has 2 unspecified atom stereocenters. The largest absolute Gasteiger partial charge is 0.423 e. The molecule has 4 heteroatoms. The molecular formula is C20H16N2O2. The van der Waals surface area contributed by atoms with Gasteiger partial charge in [-0.2, -0.15) is 0 Å². The average molecular weight is 316 g/mol. The maximum Gasteiger partial charge on any atom is 0.343 e. The van der Waals surface area contributed by atoms with Crippen LogP contribution in [-0.2, 0) is 0 Å². The molecule has 2 aliphatic rings. The molecule has 0 amide bonds. The molecule has 2 bridgehead atoms. The fourth-order valence-electron chi connectivity index (χ4n) is 3.94. The summed E-state index contributed by atoms with van der Waals surface area (Å²) in [7, 11) is 0. The topological polar surface area (TPSA) is 52.1 Å². The van der Waals surface area contributed by atoms with E-state index in [-0.39, 0.29) is 5.97 Å².